The third-order valence-corrected chi connectivity index (χ3v) is 3.50. The molecule has 3 rings (SSSR count). The highest BCUT2D eigenvalue weighted by Gasteiger charge is 2.18. The van der Waals surface area contributed by atoms with E-state index in [2.05, 4.69) is 81.7 Å². The molecule has 1 aliphatic rings. The first-order valence-electron chi connectivity index (χ1n) is 5.62. The summed E-state index contributed by atoms with van der Waals surface area (Å²) in [6.45, 7) is 0.262. The normalized spacial score (nSPS) is 13.1. The lowest BCUT2D eigenvalue weighted by Crippen LogP contribution is -2.38. The highest BCUT2D eigenvalue weighted by Crippen LogP contribution is 2.21. The van der Waals surface area contributed by atoms with Crippen LogP contribution in [0.2, 0.25) is 0 Å². The fraction of sp³-hybridized carbons (Fsp3) is 0. The standard InChI is InChI=1S/C14H11BBrN/c16-13-7-5-12(6-8-13)15-10-9-11-3-1-2-4-14(11)17-15/h1-10,17H. The van der Waals surface area contributed by atoms with Crippen molar-refractivity contribution in [2.45, 2.75) is 0 Å². The van der Waals surface area contributed by atoms with Gasteiger partial charge in [-0.1, -0.05) is 63.8 Å². The minimum Gasteiger partial charge on any atom is -0.420 e. The minimum absolute atomic E-state index is 0.262. The van der Waals surface area contributed by atoms with Gasteiger partial charge >= 0.3 is 6.85 Å². The van der Waals surface area contributed by atoms with E-state index in [1.807, 2.05) is 0 Å². The Morgan fingerprint density at radius 1 is 0.941 bits per heavy atom. The van der Waals surface area contributed by atoms with Gasteiger partial charge in [0.15, 0.2) is 0 Å². The zero-order valence-corrected chi connectivity index (χ0v) is 10.8. The number of halogens is 1. The molecule has 0 radical (unpaired) electrons. The molecule has 2 aromatic carbocycles. The molecule has 2 aromatic rings. The van der Waals surface area contributed by atoms with Gasteiger partial charge in [0.05, 0.1) is 0 Å². The summed E-state index contributed by atoms with van der Waals surface area (Å²) in [5.74, 6) is 2.20. The molecule has 0 saturated heterocycles. The van der Waals surface area contributed by atoms with Crippen LogP contribution in [0, 0.1) is 0 Å². The number of anilines is 1. The van der Waals surface area contributed by atoms with Crippen LogP contribution in [0.3, 0.4) is 0 Å². The minimum atomic E-state index is 0.262. The second kappa shape index (κ2) is 4.42. The Labute approximate surface area is 110 Å². The van der Waals surface area contributed by atoms with Gasteiger partial charge in [-0.25, -0.2) is 0 Å². The molecule has 0 aromatic heterocycles. The molecule has 0 amide bonds. The van der Waals surface area contributed by atoms with Crippen LogP contribution in [-0.4, -0.2) is 6.85 Å². The second-order valence-electron chi connectivity index (χ2n) is 4.12. The van der Waals surface area contributed by atoms with Crippen molar-refractivity contribution >= 4 is 40.0 Å². The number of fused-ring (bicyclic) bond motifs is 1. The maximum absolute atomic E-state index is 3.53. The van der Waals surface area contributed by atoms with Gasteiger partial charge in [0, 0.05) is 10.2 Å². The van der Waals surface area contributed by atoms with Crippen molar-refractivity contribution in [2.24, 2.45) is 0 Å². The molecule has 0 aliphatic carbocycles. The Balaban J connectivity index is 1.92. The fourth-order valence-electron chi connectivity index (χ4n) is 2.05. The van der Waals surface area contributed by atoms with E-state index < -0.39 is 0 Å². The third-order valence-electron chi connectivity index (χ3n) is 2.97. The van der Waals surface area contributed by atoms with E-state index in [0.29, 0.717) is 0 Å². The quantitative estimate of drug-likeness (QED) is 0.792. The summed E-state index contributed by atoms with van der Waals surface area (Å²) in [5.41, 5.74) is 3.72. The zero-order valence-electron chi connectivity index (χ0n) is 9.23. The van der Waals surface area contributed by atoms with Crippen molar-refractivity contribution in [3.05, 3.63) is 64.5 Å². The number of benzene rings is 2. The predicted molar refractivity (Wildman–Crippen MR) is 78.6 cm³/mol. The van der Waals surface area contributed by atoms with E-state index in [9.17, 15) is 0 Å². The summed E-state index contributed by atoms with van der Waals surface area (Å²) in [6, 6.07) is 16.8. The smallest absolute Gasteiger partial charge is 0.313 e. The van der Waals surface area contributed by atoms with E-state index in [0.717, 1.165) is 4.47 Å². The first kappa shape index (κ1) is 10.7. The molecule has 0 atom stereocenters. The monoisotopic (exact) mass is 283 g/mol. The van der Waals surface area contributed by atoms with Crippen molar-refractivity contribution in [1.82, 2.24) is 0 Å². The molecule has 1 N–H and O–H groups in total. The van der Waals surface area contributed by atoms with Crippen LogP contribution < -0.4 is 10.7 Å². The Kier molecular flexibility index (Phi) is 2.77. The lowest BCUT2D eigenvalue weighted by molar-refractivity contribution is 1.59. The highest BCUT2D eigenvalue weighted by molar-refractivity contribution is 9.10. The van der Waals surface area contributed by atoms with Crippen LogP contribution in [0.5, 0.6) is 0 Å². The molecule has 0 unspecified atom stereocenters. The summed E-state index contributed by atoms with van der Waals surface area (Å²) in [5, 5.41) is 3.53. The van der Waals surface area contributed by atoms with Gasteiger partial charge in [0.2, 0.25) is 0 Å². The number of nitrogens with one attached hydrogen (secondary N) is 1. The lowest BCUT2D eigenvalue weighted by Gasteiger charge is -2.19. The van der Waals surface area contributed by atoms with E-state index in [1.165, 1.54) is 16.7 Å². The molecule has 0 fully saturated rings. The molecular weight excluding hydrogens is 273 g/mol. The summed E-state index contributed by atoms with van der Waals surface area (Å²) < 4.78 is 1.11. The third kappa shape index (κ3) is 2.15. The molecule has 1 aliphatic heterocycles. The molecule has 3 heteroatoms. The molecule has 0 bridgehead atoms. The fourth-order valence-corrected chi connectivity index (χ4v) is 2.32. The number of hydrogen-bond donors (Lipinski definition) is 1. The molecule has 17 heavy (non-hydrogen) atoms. The van der Waals surface area contributed by atoms with Crippen LogP contribution in [-0.2, 0) is 0 Å². The molecule has 1 heterocycles. The van der Waals surface area contributed by atoms with Crippen molar-refractivity contribution in [3.63, 3.8) is 0 Å². The van der Waals surface area contributed by atoms with Crippen LogP contribution >= 0.6 is 15.9 Å². The molecule has 0 spiro atoms. The Morgan fingerprint density at radius 3 is 2.53 bits per heavy atom. The van der Waals surface area contributed by atoms with Gasteiger partial charge in [-0.05, 0) is 23.8 Å². The van der Waals surface area contributed by atoms with Crippen LogP contribution in [0.15, 0.2) is 59.0 Å². The predicted octanol–water partition coefficient (Wildman–Crippen LogP) is 3.33. The Bertz CT molecular complexity index is 563. The number of rotatable bonds is 1. The van der Waals surface area contributed by atoms with Gasteiger partial charge in [0.1, 0.15) is 0 Å². The molecule has 1 nitrogen and oxygen atoms in total. The van der Waals surface area contributed by atoms with Gasteiger partial charge < -0.3 is 5.23 Å². The SMILES string of the molecule is Brc1ccc(B2C=Cc3ccccc3N2)cc1. The lowest BCUT2D eigenvalue weighted by atomic mass is 9.54. The van der Waals surface area contributed by atoms with Gasteiger partial charge in [-0.3, -0.25) is 0 Å². The Hall–Kier alpha value is -1.48. The van der Waals surface area contributed by atoms with Crippen LogP contribution in [0.25, 0.3) is 6.08 Å². The van der Waals surface area contributed by atoms with E-state index in [1.54, 1.807) is 0 Å². The maximum atomic E-state index is 3.53. The van der Waals surface area contributed by atoms with Gasteiger partial charge in [-0.15, -0.1) is 0 Å². The van der Waals surface area contributed by atoms with Crippen molar-refractivity contribution < 1.29 is 0 Å². The summed E-state index contributed by atoms with van der Waals surface area (Å²) >= 11 is 3.46. The summed E-state index contributed by atoms with van der Waals surface area (Å²) in [4.78, 5) is 0. The first-order valence-corrected chi connectivity index (χ1v) is 6.41. The van der Waals surface area contributed by atoms with Crippen molar-refractivity contribution in [2.75, 3.05) is 5.23 Å². The maximum Gasteiger partial charge on any atom is 0.313 e. The van der Waals surface area contributed by atoms with Crippen molar-refractivity contribution in [1.29, 1.82) is 0 Å². The Morgan fingerprint density at radius 2 is 1.71 bits per heavy atom. The summed E-state index contributed by atoms with van der Waals surface area (Å²) in [6.07, 6.45) is 2.18. The topological polar surface area (TPSA) is 12.0 Å². The number of para-hydroxylation sites is 1. The van der Waals surface area contributed by atoms with Gasteiger partial charge in [-0.2, -0.15) is 0 Å². The van der Waals surface area contributed by atoms with Crippen LogP contribution in [0.1, 0.15) is 5.56 Å². The van der Waals surface area contributed by atoms with Crippen LogP contribution in [0.4, 0.5) is 5.69 Å². The van der Waals surface area contributed by atoms with E-state index >= 15 is 0 Å². The van der Waals surface area contributed by atoms with Gasteiger partial charge in [0.25, 0.3) is 0 Å². The summed E-state index contributed by atoms with van der Waals surface area (Å²) in [7, 11) is 0. The highest BCUT2D eigenvalue weighted by atomic mass is 79.9. The first-order chi connectivity index (χ1) is 8.33. The zero-order chi connectivity index (χ0) is 11.7. The molecule has 0 saturated carbocycles. The average Bonchev–Trinajstić information content (AvgIpc) is 2.39. The second-order valence-corrected chi connectivity index (χ2v) is 5.04. The number of hydrogen-bond acceptors (Lipinski definition) is 1. The molecule has 82 valence electrons. The van der Waals surface area contributed by atoms with E-state index in [4.69, 9.17) is 0 Å². The molecular formula is C14H11BBrN. The largest absolute Gasteiger partial charge is 0.420 e. The van der Waals surface area contributed by atoms with E-state index in [-0.39, 0.29) is 6.85 Å². The average molecular weight is 284 g/mol. The van der Waals surface area contributed by atoms with Crippen molar-refractivity contribution in [3.8, 4) is 0 Å².